The van der Waals surface area contributed by atoms with Gasteiger partial charge in [0, 0.05) is 11.6 Å². The molecule has 1 fully saturated rings. The average molecular weight is 309 g/mol. The fourth-order valence-electron chi connectivity index (χ4n) is 3.29. The Morgan fingerprint density at radius 3 is 2.80 bits per heavy atom. The molecule has 0 saturated heterocycles. The summed E-state index contributed by atoms with van der Waals surface area (Å²) in [7, 11) is 0. The molecule has 0 unspecified atom stereocenters. The molecule has 0 spiro atoms. The van der Waals surface area contributed by atoms with E-state index in [1.165, 1.54) is 37.6 Å². The number of aryl methyl sites for hydroxylation is 1. The predicted octanol–water partition coefficient (Wildman–Crippen LogP) is 5.57. The van der Waals surface area contributed by atoms with Crippen LogP contribution < -0.4 is 0 Å². The number of fused-ring (bicyclic) bond motifs is 1. The monoisotopic (exact) mass is 308 g/mol. The molecule has 1 aliphatic rings. The minimum absolute atomic E-state index is 0.752. The van der Waals surface area contributed by atoms with E-state index in [1.54, 1.807) is 0 Å². The first-order valence-corrected chi connectivity index (χ1v) is 8.30. The second kappa shape index (κ2) is 5.90. The number of nitrogens with one attached hydrogen (secondary N) is 1. The van der Waals surface area contributed by atoms with E-state index in [0.717, 1.165) is 33.7 Å². The van der Waals surface area contributed by atoms with Crippen molar-refractivity contribution in [2.45, 2.75) is 45.6 Å². The molecule has 0 bridgehead atoms. The lowest BCUT2D eigenvalue weighted by molar-refractivity contribution is 0.269. The van der Waals surface area contributed by atoms with Gasteiger partial charge >= 0.3 is 0 Å². The molecule has 2 aromatic rings. The third-order valence-corrected chi connectivity index (χ3v) is 5.19. The summed E-state index contributed by atoms with van der Waals surface area (Å²) < 4.78 is 3.03. The van der Waals surface area contributed by atoms with Crippen LogP contribution in [0.5, 0.6) is 0 Å². The number of rotatable bonds is 3. The van der Waals surface area contributed by atoms with Crippen LogP contribution in [0.25, 0.3) is 11.0 Å². The molecule has 108 valence electrons. The zero-order valence-corrected chi connectivity index (χ0v) is 13.4. The maximum atomic E-state index is 6.03. The van der Waals surface area contributed by atoms with Crippen molar-refractivity contribution in [1.82, 2.24) is 9.55 Å². The van der Waals surface area contributed by atoms with Gasteiger partial charge in [0.2, 0.25) is 0 Å². The Bertz CT molecular complexity index is 650. The number of aromatic amines is 1. The van der Waals surface area contributed by atoms with Crippen molar-refractivity contribution in [3.05, 3.63) is 28.0 Å². The molecule has 4 heteroatoms. The van der Waals surface area contributed by atoms with Gasteiger partial charge in [-0.15, -0.1) is 0 Å². The normalized spacial score (nSPS) is 23.3. The number of hydrogen-bond acceptors (Lipinski definition) is 1. The standard InChI is InChI=1S/C16H21ClN2S/c1-11-2-4-12(5-3-11)8-9-19-15-7-6-13(17)10-14(15)18-16(19)20/h6-7,10-12H,2-5,8-9H2,1H3,(H,18,20). The molecule has 0 amide bonds. The molecule has 2 nitrogen and oxygen atoms in total. The molecule has 1 heterocycles. The van der Waals surface area contributed by atoms with E-state index >= 15 is 0 Å². The zero-order valence-electron chi connectivity index (χ0n) is 11.9. The minimum Gasteiger partial charge on any atom is -0.331 e. The fourth-order valence-corrected chi connectivity index (χ4v) is 3.76. The van der Waals surface area contributed by atoms with E-state index in [4.69, 9.17) is 23.8 Å². The maximum absolute atomic E-state index is 6.03. The van der Waals surface area contributed by atoms with Crippen molar-refractivity contribution in [2.24, 2.45) is 11.8 Å². The van der Waals surface area contributed by atoms with Crippen molar-refractivity contribution in [1.29, 1.82) is 0 Å². The van der Waals surface area contributed by atoms with Crippen LogP contribution in [-0.4, -0.2) is 9.55 Å². The highest BCUT2D eigenvalue weighted by atomic mass is 35.5. The third kappa shape index (κ3) is 2.94. The van der Waals surface area contributed by atoms with Crippen molar-refractivity contribution in [2.75, 3.05) is 0 Å². The lowest BCUT2D eigenvalue weighted by Gasteiger charge is -2.26. The zero-order chi connectivity index (χ0) is 14.1. The second-order valence-corrected chi connectivity index (χ2v) is 6.98. The second-order valence-electron chi connectivity index (χ2n) is 6.16. The number of imidazole rings is 1. The SMILES string of the molecule is CC1CCC(CCn2c(=S)[nH]c3cc(Cl)ccc32)CC1. The molecule has 1 aliphatic carbocycles. The first-order valence-electron chi connectivity index (χ1n) is 7.51. The molecule has 1 saturated carbocycles. The van der Waals surface area contributed by atoms with Gasteiger partial charge in [-0.2, -0.15) is 0 Å². The lowest BCUT2D eigenvalue weighted by atomic mass is 9.81. The largest absolute Gasteiger partial charge is 0.331 e. The highest BCUT2D eigenvalue weighted by Gasteiger charge is 2.18. The fraction of sp³-hybridized carbons (Fsp3) is 0.562. The van der Waals surface area contributed by atoms with Gasteiger partial charge in [0.15, 0.2) is 4.77 Å². The van der Waals surface area contributed by atoms with Crippen LogP contribution in [-0.2, 0) is 6.54 Å². The average Bonchev–Trinajstić information content (AvgIpc) is 2.73. The molecule has 0 radical (unpaired) electrons. The summed E-state index contributed by atoms with van der Waals surface area (Å²) in [4.78, 5) is 3.26. The first kappa shape index (κ1) is 14.2. The highest BCUT2D eigenvalue weighted by Crippen LogP contribution is 2.31. The molecule has 20 heavy (non-hydrogen) atoms. The molecular weight excluding hydrogens is 288 g/mol. The molecule has 1 aromatic carbocycles. The van der Waals surface area contributed by atoms with E-state index in [0.29, 0.717) is 0 Å². The van der Waals surface area contributed by atoms with Crippen molar-refractivity contribution >= 4 is 34.9 Å². The van der Waals surface area contributed by atoms with Gasteiger partial charge in [-0.1, -0.05) is 44.2 Å². The maximum Gasteiger partial charge on any atom is 0.178 e. The van der Waals surface area contributed by atoms with Crippen LogP contribution >= 0.6 is 23.8 Å². The summed E-state index contributed by atoms with van der Waals surface area (Å²) in [5.74, 6) is 1.79. The smallest absolute Gasteiger partial charge is 0.178 e. The van der Waals surface area contributed by atoms with Gasteiger partial charge in [-0.05, 0) is 48.7 Å². The molecular formula is C16H21ClN2S. The van der Waals surface area contributed by atoms with Gasteiger partial charge < -0.3 is 9.55 Å². The summed E-state index contributed by atoms with van der Waals surface area (Å²) in [6.45, 7) is 3.38. The number of H-pyrrole nitrogens is 1. The van der Waals surface area contributed by atoms with Crippen LogP contribution in [0.3, 0.4) is 0 Å². The molecule has 1 aromatic heterocycles. The molecule has 0 aliphatic heterocycles. The topological polar surface area (TPSA) is 20.7 Å². The van der Waals surface area contributed by atoms with Gasteiger partial charge in [-0.25, -0.2) is 0 Å². The van der Waals surface area contributed by atoms with E-state index in [2.05, 4.69) is 22.5 Å². The van der Waals surface area contributed by atoms with E-state index in [-0.39, 0.29) is 0 Å². The summed E-state index contributed by atoms with van der Waals surface area (Å²) >= 11 is 11.5. The quantitative estimate of drug-likeness (QED) is 0.735. The van der Waals surface area contributed by atoms with Crippen molar-refractivity contribution in [3.63, 3.8) is 0 Å². The molecule has 0 atom stereocenters. The molecule has 3 rings (SSSR count). The Morgan fingerprint density at radius 2 is 2.05 bits per heavy atom. The van der Waals surface area contributed by atoms with E-state index in [1.807, 2.05) is 12.1 Å². The minimum atomic E-state index is 0.752. The Morgan fingerprint density at radius 1 is 1.30 bits per heavy atom. The Labute approximate surface area is 130 Å². The Hall–Kier alpha value is -0.800. The summed E-state index contributed by atoms with van der Waals surface area (Å²) in [6.07, 6.45) is 6.76. The van der Waals surface area contributed by atoms with Crippen LogP contribution in [0.2, 0.25) is 5.02 Å². The number of aromatic nitrogens is 2. The third-order valence-electron chi connectivity index (χ3n) is 4.63. The van der Waals surface area contributed by atoms with Gasteiger partial charge in [0.05, 0.1) is 11.0 Å². The van der Waals surface area contributed by atoms with E-state index in [9.17, 15) is 0 Å². The summed E-state index contributed by atoms with van der Waals surface area (Å²) in [6, 6.07) is 5.95. The molecule has 1 N–H and O–H groups in total. The number of hydrogen-bond donors (Lipinski definition) is 1. The van der Waals surface area contributed by atoms with Crippen LogP contribution in [0, 0.1) is 16.6 Å². The Kier molecular flexibility index (Phi) is 4.18. The number of nitrogens with zero attached hydrogens (tertiary/aromatic N) is 1. The number of benzene rings is 1. The summed E-state index contributed by atoms with van der Waals surface area (Å²) in [5.41, 5.74) is 2.21. The lowest BCUT2D eigenvalue weighted by Crippen LogP contribution is -2.14. The van der Waals surface area contributed by atoms with Gasteiger partial charge in [-0.3, -0.25) is 0 Å². The van der Waals surface area contributed by atoms with Crippen LogP contribution in [0.1, 0.15) is 39.0 Å². The van der Waals surface area contributed by atoms with Crippen LogP contribution in [0.4, 0.5) is 0 Å². The van der Waals surface area contributed by atoms with Crippen molar-refractivity contribution in [3.8, 4) is 0 Å². The predicted molar refractivity (Wildman–Crippen MR) is 87.9 cm³/mol. The summed E-state index contributed by atoms with van der Waals surface area (Å²) in [5, 5.41) is 0.752. The van der Waals surface area contributed by atoms with Gasteiger partial charge in [0.1, 0.15) is 0 Å². The van der Waals surface area contributed by atoms with Gasteiger partial charge in [0.25, 0.3) is 0 Å². The first-order chi connectivity index (χ1) is 9.63. The Balaban J connectivity index is 1.74. The van der Waals surface area contributed by atoms with E-state index < -0.39 is 0 Å². The van der Waals surface area contributed by atoms with Crippen LogP contribution in [0.15, 0.2) is 18.2 Å². The highest BCUT2D eigenvalue weighted by molar-refractivity contribution is 7.71. The van der Waals surface area contributed by atoms with Crippen molar-refractivity contribution < 1.29 is 0 Å². The number of halogens is 1.